The zero-order valence-corrected chi connectivity index (χ0v) is 7.12. The van der Waals surface area contributed by atoms with Gasteiger partial charge in [-0.25, -0.2) is 0 Å². The summed E-state index contributed by atoms with van der Waals surface area (Å²) in [6.45, 7) is 0. The van der Waals surface area contributed by atoms with Crippen molar-refractivity contribution >= 4 is 0 Å². The normalized spacial score (nSPS) is 19.5. The Morgan fingerprint density at radius 3 is 3.00 bits per heavy atom. The van der Waals surface area contributed by atoms with Gasteiger partial charge in [-0.1, -0.05) is 0 Å². The van der Waals surface area contributed by atoms with E-state index < -0.39 is 0 Å². The molecule has 0 aliphatic heterocycles. The summed E-state index contributed by atoms with van der Waals surface area (Å²) >= 11 is 0. The molecule has 0 bridgehead atoms. The van der Waals surface area contributed by atoms with Crippen LogP contribution >= 0.6 is 0 Å². The van der Waals surface area contributed by atoms with Gasteiger partial charge in [0.1, 0.15) is 5.75 Å². The van der Waals surface area contributed by atoms with Crippen LogP contribution in [0.15, 0.2) is 12.1 Å². The molecule has 1 aromatic rings. The van der Waals surface area contributed by atoms with Crippen molar-refractivity contribution in [2.24, 2.45) is 5.73 Å². The van der Waals surface area contributed by atoms with Gasteiger partial charge in [-0.05, 0) is 36.1 Å². The average Bonchev–Trinajstić information content (AvgIpc) is 2.48. The number of rotatable bonds is 0. The maximum atomic E-state index is 9.55. The van der Waals surface area contributed by atoms with Crippen molar-refractivity contribution in [1.29, 1.82) is 5.26 Å². The Hall–Kier alpha value is -1.53. The summed E-state index contributed by atoms with van der Waals surface area (Å²) in [6, 6.07) is 5.25. The van der Waals surface area contributed by atoms with Crippen LogP contribution in [0.3, 0.4) is 0 Å². The lowest BCUT2D eigenvalue weighted by atomic mass is 10.0. The van der Waals surface area contributed by atoms with Gasteiger partial charge in [-0.15, -0.1) is 0 Å². The molecule has 3 nitrogen and oxygen atoms in total. The number of fused-ring (bicyclic) bond motifs is 1. The SMILES string of the molecule is N#Cc1cc(O)c2c(c1)C(N)CC2. The fraction of sp³-hybridized carbons (Fsp3) is 0.300. The van der Waals surface area contributed by atoms with E-state index in [2.05, 4.69) is 0 Å². The molecule has 0 heterocycles. The molecule has 1 aliphatic rings. The molecule has 1 unspecified atom stereocenters. The maximum absolute atomic E-state index is 9.55. The third-order valence-electron chi connectivity index (χ3n) is 2.49. The Kier molecular flexibility index (Phi) is 1.71. The molecule has 0 fully saturated rings. The first kappa shape index (κ1) is 8.09. The predicted molar refractivity (Wildman–Crippen MR) is 48.1 cm³/mol. The maximum Gasteiger partial charge on any atom is 0.120 e. The number of hydrogen-bond acceptors (Lipinski definition) is 3. The summed E-state index contributed by atoms with van der Waals surface area (Å²) in [4.78, 5) is 0. The highest BCUT2D eigenvalue weighted by molar-refractivity contribution is 5.50. The van der Waals surface area contributed by atoms with E-state index in [1.807, 2.05) is 6.07 Å². The minimum absolute atomic E-state index is 0.0193. The Labute approximate surface area is 76.4 Å². The van der Waals surface area contributed by atoms with E-state index >= 15 is 0 Å². The molecule has 0 amide bonds. The number of phenolic OH excluding ortho intramolecular Hbond substituents is 1. The van der Waals surface area contributed by atoms with Gasteiger partial charge in [0.25, 0.3) is 0 Å². The molecule has 66 valence electrons. The largest absolute Gasteiger partial charge is 0.508 e. The first-order valence-corrected chi connectivity index (χ1v) is 4.24. The van der Waals surface area contributed by atoms with Crippen LogP contribution in [-0.4, -0.2) is 5.11 Å². The molecule has 1 atom stereocenters. The van der Waals surface area contributed by atoms with Crippen LogP contribution in [0.25, 0.3) is 0 Å². The van der Waals surface area contributed by atoms with E-state index in [1.54, 1.807) is 6.07 Å². The molecule has 1 aromatic carbocycles. The average molecular weight is 174 g/mol. The van der Waals surface area contributed by atoms with E-state index in [9.17, 15) is 5.11 Å². The zero-order chi connectivity index (χ0) is 9.42. The monoisotopic (exact) mass is 174 g/mol. The van der Waals surface area contributed by atoms with Crippen molar-refractivity contribution in [3.63, 3.8) is 0 Å². The molecule has 13 heavy (non-hydrogen) atoms. The summed E-state index contributed by atoms with van der Waals surface area (Å²) in [6.07, 6.45) is 1.67. The van der Waals surface area contributed by atoms with Crippen molar-refractivity contribution in [2.75, 3.05) is 0 Å². The number of nitrogens with two attached hydrogens (primary N) is 1. The summed E-state index contributed by atoms with van der Waals surface area (Å²) in [5.41, 5.74) is 8.13. The Morgan fingerprint density at radius 1 is 1.54 bits per heavy atom. The van der Waals surface area contributed by atoms with E-state index in [4.69, 9.17) is 11.0 Å². The molecular formula is C10H10N2O. The molecular weight excluding hydrogens is 164 g/mol. The summed E-state index contributed by atoms with van der Waals surface area (Å²) in [5.74, 6) is 0.210. The second-order valence-corrected chi connectivity index (χ2v) is 3.32. The van der Waals surface area contributed by atoms with Crippen molar-refractivity contribution in [1.82, 2.24) is 0 Å². The first-order chi connectivity index (χ1) is 6.22. The van der Waals surface area contributed by atoms with Gasteiger partial charge in [0.15, 0.2) is 0 Å². The number of hydrogen-bond donors (Lipinski definition) is 2. The van der Waals surface area contributed by atoms with Crippen LogP contribution in [0.2, 0.25) is 0 Å². The second kappa shape index (κ2) is 2.75. The van der Waals surface area contributed by atoms with Gasteiger partial charge in [-0.2, -0.15) is 5.26 Å². The smallest absolute Gasteiger partial charge is 0.120 e. The number of phenols is 1. The van der Waals surface area contributed by atoms with Gasteiger partial charge >= 0.3 is 0 Å². The lowest BCUT2D eigenvalue weighted by Crippen LogP contribution is -2.05. The van der Waals surface area contributed by atoms with Crippen molar-refractivity contribution in [3.8, 4) is 11.8 Å². The first-order valence-electron chi connectivity index (χ1n) is 4.24. The van der Waals surface area contributed by atoms with Crippen LogP contribution in [0, 0.1) is 11.3 Å². The van der Waals surface area contributed by atoms with E-state index in [0.29, 0.717) is 5.56 Å². The zero-order valence-electron chi connectivity index (χ0n) is 7.12. The highest BCUT2D eigenvalue weighted by Crippen LogP contribution is 2.35. The molecule has 1 aliphatic carbocycles. The second-order valence-electron chi connectivity index (χ2n) is 3.32. The van der Waals surface area contributed by atoms with E-state index in [-0.39, 0.29) is 11.8 Å². The van der Waals surface area contributed by atoms with E-state index in [0.717, 1.165) is 24.0 Å². The molecule has 3 heteroatoms. The topological polar surface area (TPSA) is 70.0 Å². The third-order valence-corrected chi connectivity index (χ3v) is 2.49. The fourth-order valence-corrected chi connectivity index (χ4v) is 1.80. The quantitative estimate of drug-likeness (QED) is 0.621. The highest BCUT2D eigenvalue weighted by atomic mass is 16.3. The molecule has 0 spiro atoms. The van der Waals surface area contributed by atoms with Gasteiger partial charge in [0.2, 0.25) is 0 Å². The molecule has 0 radical (unpaired) electrons. The number of nitrogens with zero attached hydrogens (tertiary/aromatic N) is 1. The number of aromatic hydroxyl groups is 1. The van der Waals surface area contributed by atoms with Crippen LogP contribution in [-0.2, 0) is 6.42 Å². The van der Waals surface area contributed by atoms with Crippen molar-refractivity contribution in [2.45, 2.75) is 18.9 Å². The highest BCUT2D eigenvalue weighted by Gasteiger charge is 2.22. The Morgan fingerprint density at radius 2 is 2.31 bits per heavy atom. The number of nitriles is 1. The van der Waals surface area contributed by atoms with Crippen LogP contribution in [0.1, 0.15) is 29.2 Å². The van der Waals surface area contributed by atoms with Crippen molar-refractivity contribution < 1.29 is 5.11 Å². The predicted octanol–water partition coefficient (Wildman–Crippen LogP) is 1.21. The lowest BCUT2D eigenvalue weighted by molar-refractivity contribution is 0.469. The van der Waals surface area contributed by atoms with Gasteiger partial charge in [0.05, 0.1) is 11.6 Å². The third kappa shape index (κ3) is 1.16. The van der Waals surface area contributed by atoms with Crippen molar-refractivity contribution in [3.05, 3.63) is 28.8 Å². The Bertz CT molecular complexity index is 393. The fourth-order valence-electron chi connectivity index (χ4n) is 1.80. The lowest BCUT2D eigenvalue weighted by Gasteiger charge is -2.05. The summed E-state index contributed by atoms with van der Waals surface area (Å²) in [7, 11) is 0. The molecule has 2 rings (SSSR count). The minimum Gasteiger partial charge on any atom is -0.508 e. The summed E-state index contributed by atoms with van der Waals surface area (Å²) < 4.78 is 0. The van der Waals surface area contributed by atoms with E-state index in [1.165, 1.54) is 6.07 Å². The number of benzene rings is 1. The van der Waals surface area contributed by atoms with Crippen LogP contribution in [0.4, 0.5) is 0 Å². The molecule has 0 saturated carbocycles. The Balaban J connectivity index is 2.61. The summed E-state index contributed by atoms with van der Waals surface area (Å²) in [5, 5.41) is 18.2. The van der Waals surface area contributed by atoms with Gasteiger partial charge < -0.3 is 10.8 Å². The molecule has 3 N–H and O–H groups in total. The minimum atomic E-state index is -0.0193. The molecule has 0 aromatic heterocycles. The molecule has 0 saturated heterocycles. The van der Waals surface area contributed by atoms with Crippen LogP contribution < -0.4 is 5.73 Å². The van der Waals surface area contributed by atoms with Crippen LogP contribution in [0.5, 0.6) is 5.75 Å². The standard InChI is InChI=1S/C10H10N2O/c11-5-6-3-8-7(10(13)4-6)1-2-9(8)12/h3-4,9,13H,1-2,12H2. The van der Waals surface area contributed by atoms with Gasteiger partial charge in [0, 0.05) is 6.04 Å². The van der Waals surface area contributed by atoms with Gasteiger partial charge in [-0.3, -0.25) is 0 Å².